The van der Waals surface area contributed by atoms with E-state index in [1.54, 1.807) is 0 Å². The molecule has 0 spiro atoms. The highest BCUT2D eigenvalue weighted by molar-refractivity contribution is 4.91. The topological polar surface area (TPSA) is 74.2 Å². The lowest BCUT2D eigenvalue weighted by atomic mass is 10.1. The molecule has 0 bridgehead atoms. The number of hydrogen-bond donors (Lipinski definition) is 1. The Labute approximate surface area is 83.6 Å². The molecule has 0 aliphatic heterocycles. The van der Waals surface area contributed by atoms with Gasteiger partial charge >= 0.3 is 0 Å². The largest absolute Gasteiger partial charge is 0.374 e. The number of nitrogens with two attached hydrogens (primary N) is 1. The van der Waals surface area contributed by atoms with Gasteiger partial charge in [0, 0.05) is 12.5 Å². The van der Waals surface area contributed by atoms with Crippen LogP contribution in [0.25, 0.3) is 0 Å². The van der Waals surface area contributed by atoms with E-state index in [-0.39, 0.29) is 5.92 Å². The Hall–Kier alpha value is -0.940. The molecule has 0 radical (unpaired) electrons. The summed E-state index contributed by atoms with van der Waals surface area (Å²) in [4.78, 5) is 4.21. The van der Waals surface area contributed by atoms with Gasteiger partial charge in [-0.25, -0.2) is 0 Å². The lowest BCUT2D eigenvalue weighted by Gasteiger charge is -2.01. The van der Waals surface area contributed by atoms with Crippen LogP contribution in [-0.2, 0) is 11.3 Å². The fraction of sp³-hybridized carbons (Fsp3) is 0.778. The van der Waals surface area contributed by atoms with Crippen LogP contribution in [0.4, 0.5) is 0 Å². The van der Waals surface area contributed by atoms with Crippen molar-refractivity contribution in [3.05, 3.63) is 11.7 Å². The van der Waals surface area contributed by atoms with Crippen molar-refractivity contribution >= 4 is 0 Å². The van der Waals surface area contributed by atoms with E-state index in [9.17, 15) is 0 Å². The summed E-state index contributed by atoms with van der Waals surface area (Å²) in [5, 5.41) is 3.81. The molecule has 0 amide bonds. The zero-order valence-electron chi connectivity index (χ0n) is 8.69. The van der Waals surface area contributed by atoms with Gasteiger partial charge in [0.15, 0.2) is 5.82 Å². The number of nitrogens with zero attached hydrogens (tertiary/aromatic N) is 2. The second kappa shape index (κ2) is 5.72. The first-order valence-electron chi connectivity index (χ1n) is 4.88. The highest BCUT2D eigenvalue weighted by Crippen LogP contribution is 2.15. The highest BCUT2D eigenvalue weighted by atomic mass is 16.5. The Kier molecular flexibility index (Phi) is 4.55. The van der Waals surface area contributed by atoms with Crippen molar-refractivity contribution in [2.45, 2.75) is 32.8 Å². The maximum Gasteiger partial charge on any atom is 0.229 e. The van der Waals surface area contributed by atoms with Gasteiger partial charge < -0.3 is 15.0 Å². The van der Waals surface area contributed by atoms with Crippen molar-refractivity contribution in [3.63, 3.8) is 0 Å². The van der Waals surface area contributed by atoms with E-state index in [4.69, 9.17) is 15.0 Å². The van der Waals surface area contributed by atoms with Crippen LogP contribution >= 0.6 is 0 Å². The lowest BCUT2D eigenvalue weighted by Crippen LogP contribution is -2.05. The number of ether oxygens (including phenoxy) is 1. The number of hydrogen-bond acceptors (Lipinski definition) is 5. The van der Waals surface area contributed by atoms with Crippen molar-refractivity contribution in [3.8, 4) is 0 Å². The van der Waals surface area contributed by atoms with Crippen LogP contribution in [0.1, 0.15) is 37.9 Å². The summed E-state index contributed by atoms with van der Waals surface area (Å²) in [5.41, 5.74) is 5.44. The van der Waals surface area contributed by atoms with Crippen LogP contribution in [0.5, 0.6) is 0 Å². The van der Waals surface area contributed by atoms with Crippen LogP contribution in [0, 0.1) is 0 Å². The Bertz CT molecular complexity index is 262. The van der Waals surface area contributed by atoms with E-state index in [0.717, 1.165) is 6.42 Å². The van der Waals surface area contributed by atoms with Crippen molar-refractivity contribution in [2.24, 2.45) is 5.73 Å². The average Bonchev–Trinajstić information content (AvgIpc) is 2.63. The van der Waals surface area contributed by atoms with E-state index >= 15 is 0 Å². The summed E-state index contributed by atoms with van der Waals surface area (Å²) in [6.45, 7) is 5.64. The third-order valence-corrected chi connectivity index (χ3v) is 1.94. The third kappa shape index (κ3) is 3.08. The van der Waals surface area contributed by atoms with Crippen molar-refractivity contribution in [2.75, 3.05) is 13.2 Å². The molecule has 1 aromatic rings. The minimum atomic E-state index is 0.225. The van der Waals surface area contributed by atoms with E-state index in [1.165, 1.54) is 0 Å². The monoisotopic (exact) mass is 199 g/mol. The molecule has 1 heterocycles. The van der Waals surface area contributed by atoms with Crippen LogP contribution in [0.3, 0.4) is 0 Å². The van der Waals surface area contributed by atoms with Crippen molar-refractivity contribution in [1.29, 1.82) is 0 Å². The summed E-state index contributed by atoms with van der Waals surface area (Å²) >= 11 is 0. The molecule has 1 aromatic heterocycles. The second-order valence-corrected chi connectivity index (χ2v) is 3.16. The van der Waals surface area contributed by atoms with Crippen LogP contribution in [0.2, 0.25) is 0 Å². The summed E-state index contributed by atoms with van der Waals surface area (Å²) in [6.07, 6.45) is 0.857. The van der Waals surface area contributed by atoms with E-state index in [1.807, 2.05) is 13.8 Å². The summed E-state index contributed by atoms with van der Waals surface area (Å²) in [5.74, 6) is 1.47. The molecular formula is C9H17N3O2. The first-order valence-corrected chi connectivity index (χ1v) is 4.88. The van der Waals surface area contributed by atoms with Gasteiger partial charge in [0.1, 0.15) is 6.61 Å². The van der Waals surface area contributed by atoms with Crippen LogP contribution in [-0.4, -0.2) is 23.3 Å². The third-order valence-electron chi connectivity index (χ3n) is 1.94. The molecule has 1 unspecified atom stereocenters. The maximum absolute atomic E-state index is 5.44. The van der Waals surface area contributed by atoms with Gasteiger partial charge in [0.2, 0.25) is 5.89 Å². The molecule has 5 heteroatoms. The predicted octanol–water partition coefficient (Wildman–Crippen LogP) is 1.06. The highest BCUT2D eigenvalue weighted by Gasteiger charge is 2.13. The Morgan fingerprint density at radius 1 is 1.57 bits per heavy atom. The van der Waals surface area contributed by atoms with E-state index in [0.29, 0.717) is 31.5 Å². The predicted molar refractivity (Wildman–Crippen MR) is 51.7 cm³/mol. The van der Waals surface area contributed by atoms with E-state index < -0.39 is 0 Å². The zero-order chi connectivity index (χ0) is 10.4. The van der Waals surface area contributed by atoms with Gasteiger partial charge in [-0.1, -0.05) is 12.1 Å². The molecule has 0 aliphatic rings. The van der Waals surface area contributed by atoms with Crippen LogP contribution < -0.4 is 5.73 Å². The van der Waals surface area contributed by atoms with Gasteiger partial charge in [-0.3, -0.25) is 0 Å². The molecule has 1 rings (SSSR count). The first kappa shape index (κ1) is 11.1. The molecular weight excluding hydrogens is 182 g/mol. The Balaban J connectivity index is 2.49. The molecule has 80 valence electrons. The van der Waals surface area contributed by atoms with Crippen molar-refractivity contribution in [1.82, 2.24) is 10.1 Å². The van der Waals surface area contributed by atoms with Gasteiger partial charge in [-0.2, -0.15) is 4.98 Å². The summed E-state index contributed by atoms with van der Waals surface area (Å²) < 4.78 is 10.2. The average molecular weight is 199 g/mol. The van der Waals surface area contributed by atoms with Crippen molar-refractivity contribution < 1.29 is 9.26 Å². The number of aromatic nitrogens is 2. The molecule has 0 aliphatic carbocycles. The molecule has 0 saturated carbocycles. The smallest absolute Gasteiger partial charge is 0.229 e. The summed E-state index contributed by atoms with van der Waals surface area (Å²) in [7, 11) is 0. The minimum Gasteiger partial charge on any atom is -0.374 e. The minimum absolute atomic E-state index is 0.225. The first-order chi connectivity index (χ1) is 6.77. The SMILES string of the molecule is CCOCc1noc(C(C)CCN)n1. The standard InChI is InChI=1S/C9H17N3O2/c1-3-13-6-8-11-9(14-12-8)7(2)4-5-10/h7H,3-6,10H2,1-2H3. The molecule has 0 fully saturated rings. The van der Waals surface area contributed by atoms with Gasteiger partial charge in [0.25, 0.3) is 0 Å². The molecule has 1 atom stereocenters. The van der Waals surface area contributed by atoms with Crippen LogP contribution in [0.15, 0.2) is 4.52 Å². The van der Waals surface area contributed by atoms with Gasteiger partial charge in [-0.05, 0) is 19.9 Å². The quantitative estimate of drug-likeness (QED) is 0.741. The fourth-order valence-corrected chi connectivity index (χ4v) is 1.09. The lowest BCUT2D eigenvalue weighted by molar-refractivity contribution is 0.126. The fourth-order valence-electron chi connectivity index (χ4n) is 1.09. The Morgan fingerprint density at radius 3 is 3.00 bits per heavy atom. The molecule has 0 aromatic carbocycles. The molecule has 14 heavy (non-hydrogen) atoms. The number of rotatable bonds is 6. The van der Waals surface area contributed by atoms with Gasteiger partial charge in [-0.15, -0.1) is 0 Å². The molecule has 5 nitrogen and oxygen atoms in total. The zero-order valence-corrected chi connectivity index (χ0v) is 8.69. The van der Waals surface area contributed by atoms with E-state index in [2.05, 4.69) is 10.1 Å². The normalized spacial score (nSPS) is 13.1. The second-order valence-electron chi connectivity index (χ2n) is 3.16. The molecule has 2 N–H and O–H groups in total. The summed E-state index contributed by atoms with van der Waals surface area (Å²) in [6, 6.07) is 0. The maximum atomic E-state index is 5.44. The molecule has 0 saturated heterocycles. The van der Waals surface area contributed by atoms with Gasteiger partial charge in [0.05, 0.1) is 0 Å². The Morgan fingerprint density at radius 2 is 2.36 bits per heavy atom.